The molecule has 0 fully saturated rings. The van der Waals surface area contributed by atoms with Crippen molar-refractivity contribution in [2.24, 2.45) is 5.73 Å². The average molecular weight is 215 g/mol. The fraction of sp³-hybridized carbons (Fsp3) is 0.300. The molecular weight excluding hydrogens is 204 g/mol. The van der Waals surface area contributed by atoms with Gasteiger partial charge in [-0.3, -0.25) is 4.79 Å². The highest BCUT2D eigenvalue weighted by Gasteiger charge is 2.11. The van der Waals surface area contributed by atoms with Crippen LogP contribution in [0, 0.1) is 0 Å². The number of rotatable bonds is 4. The number of hydrogen-bond donors (Lipinski definition) is 1. The predicted octanol–water partition coefficient (Wildman–Crippen LogP) is 1.88. The third-order valence-corrected chi connectivity index (χ3v) is 1.90. The minimum absolute atomic E-state index is 0.0458. The number of halogens is 2. The van der Waals surface area contributed by atoms with Crippen LogP contribution in [0.15, 0.2) is 24.3 Å². The van der Waals surface area contributed by atoms with Crippen LogP contribution in [0.2, 0.25) is 0 Å². The largest absolute Gasteiger partial charge is 0.435 e. The van der Waals surface area contributed by atoms with Crippen molar-refractivity contribution in [2.75, 3.05) is 0 Å². The van der Waals surface area contributed by atoms with Crippen molar-refractivity contribution in [3.63, 3.8) is 0 Å². The highest BCUT2D eigenvalue weighted by Crippen LogP contribution is 2.18. The number of ether oxygens (including phenoxy) is 1. The molecule has 0 aliphatic heterocycles. The molecule has 5 heteroatoms. The Morgan fingerprint density at radius 2 is 1.87 bits per heavy atom. The molecule has 2 N–H and O–H groups in total. The van der Waals surface area contributed by atoms with Crippen molar-refractivity contribution in [3.8, 4) is 5.75 Å². The first kappa shape index (κ1) is 11.6. The smallest absolute Gasteiger partial charge is 0.387 e. The van der Waals surface area contributed by atoms with E-state index in [0.29, 0.717) is 5.56 Å². The second-order valence-electron chi connectivity index (χ2n) is 3.04. The summed E-state index contributed by atoms with van der Waals surface area (Å²) < 4.78 is 27.8. The molecule has 0 spiro atoms. The zero-order valence-corrected chi connectivity index (χ0v) is 8.11. The number of carbonyl (C=O) groups excluding carboxylic acids is 1. The normalized spacial score (nSPS) is 12.6. The standard InChI is InChI=1S/C10H11F2NO2/c1-6(14)9(13)7-2-4-8(5-3-7)15-10(11)12/h2-5,9-10H,13H2,1H3. The van der Waals surface area contributed by atoms with Crippen LogP contribution in [0.3, 0.4) is 0 Å². The zero-order chi connectivity index (χ0) is 11.4. The molecule has 0 aliphatic rings. The minimum atomic E-state index is -2.85. The van der Waals surface area contributed by atoms with Gasteiger partial charge in [0.05, 0.1) is 6.04 Å². The van der Waals surface area contributed by atoms with Gasteiger partial charge in [0, 0.05) is 0 Å². The Kier molecular flexibility index (Phi) is 3.74. The molecule has 0 bridgehead atoms. The van der Waals surface area contributed by atoms with Gasteiger partial charge in [0.1, 0.15) is 5.75 Å². The van der Waals surface area contributed by atoms with E-state index >= 15 is 0 Å². The van der Waals surface area contributed by atoms with Crippen LogP contribution in [-0.2, 0) is 4.79 Å². The first-order chi connectivity index (χ1) is 7.00. The van der Waals surface area contributed by atoms with Crippen molar-refractivity contribution in [3.05, 3.63) is 29.8 Å². The van der Waals surface area contributed by atoms with E-state index in [1.165, 1.54) is 31.2 Å². The predicted molar refractivity (Wildman–Crippen MR) is 50.7 cm³/mol. The maximum absolute atomic E-state index is 11.8. The molecule has 0 heterocycles. The van der Waals surface area contributed by atoms with Crippen LogP contribution in [-0.4, -0.2) is 12.4 Å². The van der Waals surface area contributed by atoms with E-state index in [-0.39, 0.29) is 11.5 Å². The Hall–Kier alpha value is -1.49. The summed E-state index contributed by atoms with van der Waals surface area (Å²) in [6.07, 6.45) is 0. The molecule has 3 nitrogen and oxygen atoms in total. The van der Waals surface area contributed by atoms with Gasteiger partial charge in [-0.15, -0.1) is 0 Å². The van der Waals surface area contributed by atoms with Gasteiger partial charge in [0.25, 0.3) is 0 Å². The van der Waals surface area contributed by atoms with Crippen molar-refractivity contribution >= 4 is 5.78 Å². The summed E-state index contributed by atoms with van der Waals surface area (Å²) >= 11 is 0. The molecule has 1 unspecified atom stereocenters. The van der Waals surface area contributed by atoms with Crippen LogP contribution in [0.5, 0.6) is 5.75 Å². The van der Waals surface area contributed by atoms with Gasteiger partial charge in [-0.25, -0.2) is 0 Å². The summed E-state index contributed by atoms with van der Waals surface area (Å²) in [5.74, 6) is -0.137. The van der Waals surface area contributed by atoms with Crippen LogP contribution in [0.1, 0.15) is 18.5 Å². The second kappa shape index (κ2) is 4.84. The number of alkyl halides is 2. The quantitative estimate of drug-likeness (QED) is 0.834. The van der Waals surface area contributed by atoms with E-state index in [9.17, 15) is 13.6 Å². The highest BCUT2D eigenvalue weighted by molar-refractivity contribution is 5.82. The van der Waals surface area contributed by atoms with Gasteiger partial charge in [0.15, 0.2) is 5.78 Å². The topological polar surface area (TPSA) is 52.3 Å². The van der Waals surface area contributed by atoms with E-state index < -0.39 is 12.7 Å². The fourth-order valence-electron chi connectivity index (χ4n) is 1.09. The molecule has 1 aromatic carbocycles. The third-order valence-electron chi connectivity index (χ3n) is 1.90. The van der Waals surface area contributed by atoms with E-state index in [2.05, 4.69) is 4.74 Å². The van der Waals surface area contributed by atoms with Gasteiger partial charge < -0.3 is 10.5 Å². The van der Waals surface area contributed by atoms with Gasteiger partial charge >= 0.3 is 6.61 Å². The van der Waals surface area contributed by atoms with Crippen LogP contribution >= 0.6 is 0 Å². The maximum atomic E-state index is 11.8. The van der Waals surface area contributed by atoms with Crippen LogP contribution in [0.4, 0.5) is 8.78 Å². The van der Waals surface area contributed by atoms with Gasteiger partial charge in [-0.2, -0.15) is 8.78 Å². The number of nitrogens with two attached hydrogens (primary N) is 1. The van der Waals surface area contributed by atoms with Gasteiger partial charge in [-0.05, 0) is 24.6 Å². The third kappa shape index (κ3) is 3.28. The molecule has 82 valence electrons. The van der Waals surface area contributed by atoms with E-state index in [4.69, 9.17) is 5.73 Å². The van der Waals surface area contributed by atoms with E-state index in [1.807, 2.05) is 0 Å². The monoisotopic (exact) mass is 215 g/mol. The molecule has 0 saturated heterocycles. The summed E-state index contributed by atoms with van der Waals surface area (Å²) in [6.45, 7) is -1.48. The lowest BCUT2D eigenvalue weighted by Crippen LogP contribution is -2.18. The number of carbonyl (C=O) groups is 1. The highest BCUT2D eigenvalue weighted by atomic mass is 19.3. The summed E-state index contributed by atoms with van der Waals surface area (Å²) in [7, 11) is 0. The Morgan fingerprint density at radius 1 is 1.33 bits per heavy atom. The Morgan fingerprint density at radius 3 is 2.27 bits per heavy atom. The molecule has 1 atom stereocenters. The van der Waals surface area contributed by atoms with Crippen LogP contribution < -0.4 is 10.5 Å². The number of ketones is 1. The number of hydrogen-bond acceptors (Lipinski definition) is 3. The second-order valence-corrected chi connectivity index (χ2v) is 3.04. The molecule has 0 aliphatic carbocycles. The van der Waals surface area contributed by atoms with E-state index in [0.717, 1.165) is 0 Å². The molecule has 0 saturated carbocycles. The maximum Gasteiger partial charge on any atom is 0.387 e. The first-order valence-corrected chi connectivity index (χ1v) is 4.31. The lowest BCUT2D eigenvalue weighted by Gasteiger charge is -2.09. The molecule has 15 heavy (non-hydrogen) atoms. The molecule has 0 aromatic heterocycles. The summed E-state index contributed by atoms with van der Waals surface area (Å²) in [6, 6.07) is 4.97. The molecular formula is C10H11F2NO2. The van der Waals surface area contributed by atoms with Crippen molar-refractivity contribution in [1.82, 2.24) is 0 Å². The first-order valence-electron chi connectivity index (χ1n) is 4.31. The van der Waals surface area contributed by atoms with Gasteiger partial charge in [0.2, 0.25) is 0 Å². The van der Waals surface area contributed by atoms with Crippen molar-refractivity contribution < 1.29 is 18.3 Å². The number of benzene rings is 1. The Bertz CT molecular complexity index is 338. The van der Waals surface area contributed by atoms with Crippen LogP contribution in [0.25, 0.3) is 0 Å². The zero-order valence-electron chi connectivity index (χ0n) is 8.11. The Labute approximate surface area is 85.8 Å². The molecule has 1 rings (SSSR count). The lowest BCUT2D eigenvalue weighted by atomic mass is 10.0. The van der Waals surface area contributed by atoms with Crippen molar-refractivity contribution in [1.29, 1.82) is 0 Å². The van der Waals surface area contributed by atoms with Gasteiger partial charge in [-0.1, -0.05) is 12.1 Å². The Balaban J connectivity index is 2.76. The van der Waals surface area contributed by atoms with E-state index in [1.54, 1.807) is 0 Å². The summed E-state index contributed by atoms with van der Waals surface area (Å²) in [5, 5.41) is 0. The number of Topliss-reactive ketones (excluding diaryl/α,β-unsaturated/α-hetero) is 1. The summed E-state index contributed by atoms with van der Waals surface area (Å²) in [4.78, 5) is 10.9. The average Bonchev–Trinajstić information content (AvgIpc) is 2.17. The molecule has 0 amide bonds. The summed E-state index contributed by atoms with van der Waals surface area (Å²) in [5.41, 5.74) is 6.12. The molecule has 0 radical (unpaired) electrons. The van der Waals surface area contributed by atoms with Crippen molar-refractivity contribution in [2.45, 2.75) is 19.6 Å². The lowest BCUT2D eigenvalue weighted by molar-refractivity contribution is -0.118. The molecule has 1 aromatic rings. The SMILES string of the molecule is CC(=O)C(N)c1ccc(OC(F)F)cc1. The fourth-order valence-corrected chi connectivity index (χ4v) is 1.09. The minimum Gasteiger partial charge on any atom is -0.435 e.